The maximum Gasteiger partial charge on any atom is 0.236 e. The van der Waals surface area contributed by atoms with E-state index in [2.05, 4.69) is 39.6 Å². The van der Waals surface area contributed by atoms with Gasteiger partial charge in [-0.1, -0.05) is 62.9 Å². The van der Waals surface area contributed by atoms with Gasteiger partial charge in [-0.05, 0) is 25.0 Å². The highest BCUT2D eigenvalue weighted by Crippen LogP contribution is 2.31. The van der Waals surface area contributed by atoms with Crippen LogP contribution < -0.4 is 14.8 Å². The summed E-state index contributed by atoms with van der Waals surface area (Å²) in [6, 6.07) is 7.49. The van der Waals surface area contributed by atoms with E-state index in [0.717, 1.165) is 5.01 Å². The zero-order chi connectivity index (χ0) is 24.0. The Hall–Kier alpha value is -2.66. The molecule has 0 aliphatic heterocycles. The zero-order valence-corrected chi connectivity index (χ0v) is 21.4. The highest BCUT2D eigenvalue weighted by atomic mass is 32.2. The number of nitrogens with one attached hydrogen (secondary N) is 1. The molecule has 1 unspecified atom stereocenters. The van der Waals surface area contributed by atoms with Crippen LogP contribution >= 0.6 is 23.1 Å². The summed E-state index contributed by atoms with van der Waals surface area (Å²) >= 11 is 2.73. The van der Waals surface area contributed by atoms with Crippen molar-refractivity contribution in [2.24, 2.45) is 5.92 Å². The molecule has 1 atom stereocenters. The van der Waals surface area contributed by atoms with E-state index in [0.29, 0.717) is 40.1 Å². The van der Waals surface area contributed by atoms with Crippen LogP contribution in [-0.2, 0) is 11.3 Å². The van der Waals surface area contributed by atoms with Gasteiger partial charge in [-0.15, -0.1) is 20.4 Å². The van der Waals surface area contributed by atoms with Gasteiger partial charge in [-0.2, -0.15) is 0 Å². The van der Waals surface area contributed by atoms with E-state index in [1.165, 1.54) is 23.1 Å². The van der Waals surface area contributed by atoms with Crippen LogP contribution in [-0.4, -0.2) is 43.7 Å². The number of amides is 1. The molecule has 0 radical (unpaired) electrons. The monoisotopic (exact) mass is 490 g/mol. The minimum absolute atomic E-state index is 0.162. The largest absolute Gasteiger partial charge is 0.493 e. The number of nitrogens with zero attached hydrogens (tertiary/aromatic N) is 5. The Morgan fingerprint density at radius 3 is 2.45 bits per heavy atom. The van der Waals surface area contributed by atoms with Crippen LogP contribution in [0, 0.1) is 5.92 Å². The number of hydrogen-bond donors (Lipinski definition) is 1. The van der Waals surface area contributed by atoms with E-state index in [-0.39, 0.29) is 23.7 Å². The van der Waals surface area contributed by atoms with Crippen molar-refractivity contribution in [2.75, 3.05) is 18.2 Å². The van der Waals surface area contributed by atoms with Gasteiger partial charge < -0.3 is 14.0 Å². The average molecular weight is 491 g/mol. The highest BCUT2D eigenvalue weighted by molar-refractivity contribution is 7.99. The van der Waals surface area contributed by atoms with Gasteiger partial charge in [0.1, 0.15) is 5.01 Å². The number of anilines is 1. The number of methoxy groups -OCH3 is 1. The summed E-state index contributed by atoms with van der Waals surface area (Å²) in [7, 11) is 1.61. The Balaban J connectivity index is 1.69. The number of hydrogen-bond acceptors (Lipinski definition) is 9. The highest BCUT2D eigenvalue weighted by Gasteiger charge is 2.22. The van der Waals surface area contributed by atoms with E-state index >= 15 is 0 Å². The summed E-state index contributed by atoms with van der Waals surface area (Å²) in [5, 5.41) is 21.7. The molecule has 1 amide bonds. The average Bonchev–Trinajstić information content (AvgIpc) is 3.39. The van der Waals surface area contributed by atoms with Crippen molar-refractivity contribution < 1.29 is 14.3 Å². The molecule has 3 aromatic rings. The SMILES string of the molecule is COc1ccccc1OC(C)c1nnc(SCC(=O)Nc2nnc(C(C)C)s2)n1CC(C)C. The summed E-state index contributed by atoms with van der Waals surface area (Å²) < 4.78 is 13.5. The van der Waals surface area contributed by atoms with Gasteiger partial charge in [-0.25, -0.2) is 0 Å². The van der Waals surface area contributed by atoms with E-state index in [1.54, 1.807) is 7.11 Å². The first-order valence-corrected chi connectivity index (χ1v) is 12.6. The molecular weight excluding hydrogens is 460 g/mol. The molecule has 9 nitrogen and oxygen atoms in total. The Kier molecular flexibility index (Phi) is 8.67. The third kappa shape index (κ3) is 6.67. The predicted molar refractivity (Wildman–Crippen MR) is 130 cm³/mol. The lowest BCUT2D eigenvalue weighted by molar-refractivity contribution is -0.113. The molecule has 178 valence electrons. The molecule has 1 N–H and O–H groups in total. The van der Waals surface area contributed by atoms with Gasteiger partial charge in [0.25, 0.3) is 0 Å². The fraction of sp³-hybridized carbons (Fsp3) is 0.500. The van der Waals surface area contributed by atoms with E-state index in [4.69, 9.17) is 9.47 Å². The Morgan fingerprint density at radius 1 is 1.09 bits per heavy atom. The van der Waals surface area contributed by atoms with Gasteiger partial charge in [0, 0.05) is 12.5 Å². The Morgan fingerprint density at radius 2 is 1.82 bits per heavy atom. The van der Waals surface area contributed by atoms with Crippen LogP contribution in [0.25, 0.3) is 0 Å². The summed E-state index contributed by atoms with van der Waals surface area (Å²) in [6.07, 6.45) is -0.355. The third-order valence-electron chi connectivity index (χ3n) is 4.54. The maximum absolute atomic E-state index is 12.5. The lowest BCUT2D eigenvalue weighted by Crippen LogP contribution is -2.17. The normalized spacial score (nSPS) is 12.2. The number of carbonyl (C=O) groups excluding carboxylic acids is 1. The zero-order valence-electron chi connectivity index (χ0n) is 19.7. The molecule has 1 aromatic carbocycles. The molecule has 0 saturated heterocycles. The minimum atomic E-state index is -0.355. The van der Waals surface area contributed by atoms with Gasteiger partial charge in [-0.3, -0.25) is 10.1 Å². The van der Waals surface area contributed by atoms with Crippen LogP contribution in [0.15, 0.2) is 29.4 Å². The molecule has 2 heterocycles. The molecular formula is C22H30N6O3S2. The van der Waals surface area contributed by atoms with Gasteiger partial charge >= 0.3 is 0 Å². The quantitative estimate of drug-likeness (QED) is 0.383. The van der Waals surface area contributed by atoms with Crippen molar-refractivity contribution in [3.8, 4) is 11.5 Å². The lowest BCUT2D eigenvalue weighted by Gasteiger charge is -2.19. The molecule has 2 aromatic heterocycles. The predicted octanol–water partition coefficient (Wildman–Crippen LogP) is 4.79. The summed E-state index contributed by atoms with van der Waals surface area (Å²) in [6.45, 7) is 11.0. The number of benzene rings is 1. The van der Waals surface area contributed by atoms with Crippen molar-refractivity contribution in [1.82, 2.24) is 25.0 Å². The van der Waals surface area contributed by atoms with E-state index < -0.39 is 0 Å². The van der Waals surface area contributed by atoms with Gasteiger partial charge in [0.15, 0.2) is 28.6 Å². The number of rotatable bonds is 11. The van der Waals surface area contributed by atoms with Crippen LogP contribution in [0.5, 0.6) is 11.5 Å². The van der Waals surface area contributed by atoms with Gasteiger partial charge in [0.05, 0.1) is 12.9 Å². The summed E-state index contributed by atoms with van der Waals surface area (Å²) in [5.74, 6) is 2.65. The van der Waals surface area contributed by atoms with Crippen molar-refractivity contribution in [2.45, 2.75) is 58.3 Å². The summed E-state index contributed by atoms with van der Waals surface area (Å²) in [5.41, 5.74) is 0. The third-order valence-corrected chi connectivity index (χ3v) is 6.65. The molecule has 0 aliphatic carbocycles. The fourth-order valence-electron chi connectivity index (χ4n) is 3.01. The second-order valence-corrected chi connectivity index (χ2v) is 10.1. The second-order valence-electron chi connectivity index (χ2n) is 8.19. The van der Waals surface area contributed by atoms with Crippen LogP contribution in [0.2, 0.25) is 0 Å². The molecule has 0 bridgehead atoms. The lowest BCUT2D eigenvalue weighted by atomic mass is 10.2. The molecule has 3 rings (SSSR count). The Bertz CT molecular complexity index is 1070. The van der Waals surface area contributed by atoms with Gasteiger partial charge in [0.2, 0.25) is 11.0 Å². The van der Waals surface area contributed by atoms with Crippen molar-refractivity contribution in [3.05, 3.63) is 35.1 Å². The van der Waals surface area contributed by atoms with Crippen LogP contribution in [0.4, 0.5) is 5.13 Å². The fourth-order valence-corrected chi connectivity index (χ4v) is 4.52. The van der Waals surface area contributed by atoms with Crippen LogP contribution in [0.3, 0.4) is 0 Å². The van der Waals surface area contributed by atoms with Crippen molar-refractivity contribution in [3.63, 3.8) is 0 Å². The van der Waals surface area contributed by atoms with E-state index in [9.17, 15) is 4.79 Å². The molecule has 0 saturated carbocycles. The molecule has 11 heteroatoms. The van der Waals surface area contributed by atoms with Crippen molar-refractivity contribution in [1.29, 1.82) is 0 Å². The molecule has 0 fully saturated rings. The smallest absolute Gasteiger partial charge is 0.236 e. The van der Waals surface area contributed by atoms with Crippen LogP contribution in [0.1, 0.15) is 57.5 Å². The standard InChI is InChI=1S/C22H30N6O3S2/c1-13(2)11-28-19(15(5)31-17-10-8-7-9-16(17)30-6)24-27-22(28)32-12-18(29)23-21-26-25-20(33-21)14(3)4/h7-10,13-15H,11-12H2,1-6H3,(H,23,26,29). The maximum atomic E-state index is 12.5. The first-order chi connectivity index (χ1) is 15.8. The van der Waals surface area contributed by atoms with Crippen molar-refractivity contribution >= 4 is 34.1 Å². The number of ether oxygens (including phenoxy) is 2. The molecule has 33 heavy (non-hydrogen) atoms. The number of para-hydroxylation sites is 2. The summed E-state index contributed by atoms with van der Waals surface area (Å²) in [4.78, 5) is 12.5. The second kappa shape index (κ2) is 11.5. The van der Waals surface area contributed by atoms with E-state index in [1.807, 2.05) is 49.6 Å². The first kappa shape index (κ1) is 25.0. The number of carbonyl (C=O) groups is 1. The minimum Gasteiger partial charge on any atom is -0.493 e. The molecule has 0 spiro atoms. The first-order valence-electron chi connectivity index (χ1n) is 10.8. The topological polar surface area (TPSA) is 104 Å². The number of aromatic nitrogens is 5. The Labute approximate surface area is 202 Å². The number of thioether (sulfide) groups is 1. The molecule has 0 aliphatic rings.